The van der Waals surface area contributed by atoms with E-state index in [9.17, 15) is 19.5 Å². The molecule has 0 aliphatic carbocycles. The van der Waals surface area contributed by atoms with Gasteiger partial charge in [-0.1, -0.05) is 24.3 Å². The quantitative estimate of drug-likeness (QED) is 0.189. The number of carboxylic acids is 1. The number of aliphatic hydroxyl groups excluding tert-OH is 1. The maximum atomic E-state index is 12.8. The third-order valence-corrected chi connectivity index (χ3v) is 6.06. The summed E-state index contributed by atoms with van der Waals surface area (Å²) in [5, 5.41) is 18.6. The van der Waals surface area contributed by atoms with Crippen LogP contribution in [0.1, 0.15) is 38.3 Å². The molecule has 2 aromatic carbocycles. The Kier molecular flexibility index (Phi) is 15.0. The lowest BCUT2D eigenvalue weighted by Crippen LogP contribution is -2.31. The SMILES string of the molecule is COc1ccc(CO[C@H](/C=C/C(=O)O)[C@H](C)OC(=O)/C=C/[C@@H](OCc2ccc(OC)cc2)[C@H](C)OC(=O)C[C@H](C)O)cc1. The van der Waals surface area contributed by atoms with Gasteiger partial charge in [-0.3, -0.25) is 4.79 Å². The van der Waals surface area contributed by atoms with E-state index in [1.54, 1.807) is 64.5 Å². The molecule has 11 heteroatoms. The second-order valence-electron chi connectivity index (χ2n) is 9.69. The highest BCUT2D eigenvalue weighted by Gasteiger charge is 2.23. The van der Waals surface area contributed by atoms with Gasteiger partial charge in [-0.25, -0.2) is 9.59 Å². The van der Waals surface area contributed by atoms with E-state index in [2.05, 4.69) is 0 Å². The molecule has 0 spiro atoms. The lowest BCUT2D eigenvalue weighted by molar-refractivity contribution is -0.156. The third-order valence-electron chi connectivity index (χ3n) is 6.06. The number of aliphatic hydroxyl groups is 1. The van der Waals surface area contributed by atoms with E-state index in [0.717, 1.165) is 23.3 Å². The van der Waals surface area contributed by atoms with Crippen molar-refractivity contribution in [2.24, 2.45) is 0 Å². The van der Waals surface area contributed by atoms with E-state index in [-0.39, 0.29) is 19.6 Å². The van der Waals surface area contributed by atoms with Crippen molar-refractivity contribution in [2.45, 2.75) is 70.9 Å². The van der Waals surface area contributed by atoms with Crippen LogP contribution in [0.4, 0.5) is 0 Å². The Labute approximate surface area is 251 Å². The van der Waals surface area contributed by atoms with Crippen LogP contribution < -0.4 is 9.47 Å². The number of hydrogen-bond donors (Lipinski definition) is 2. The monoisotopic (exact) mass is 600 g/mol. The first-order valence-electron chi connectivity index (χ1n) is 13.7. The highest BCUT2D eigenvalue weighted by atomic mass is 16.6. The van der Waals surface area contributed by atoms with E-state index in [1.807, 2.05) is 12.1 Å². The third kappa shape index (κ3) is 13.6. The van der Waals surface area contributed by atoms with Gasteiger partial charge < -0.3 is 38.6 Å². The van der Waals surface area contributed by atoms with Gasteiger partial charge in [0.15, 0.2) is 0 Å². The number of ether oxygens (including phenoxy) is 6. The van der Waals surface area contributed by atoms with Crippen molar-refractivity contribution in [2.75, 3.05) is 14.2 Å². The van der Waals surface area contributed by atoms with Crippen molar-refractivity contribution >= 4 is 17.9 Å². The molecule has 2 rings (SSSR count). The first kappa shape index (κ1) is 35.0. The number of aliphatic carboxylic acids is 1. The van der Waals surface area contributed by atoms with Crippen LogP contribution in [0.15, 0.2) is 72.8 Å². The van der Waals surface area contributed by atoms with Crippen LogP contribution in [0.3, 0.4) is 0 Å². The fraction of sp³-hybridized carbons (Fsp3) is 0.406. The van der Waals surface area contributed by atoms with E-state index >= 15 is 0 Å². The molecule has 0 saturated heterocycles. The number of carboxylic acid groups (broad SMARTS) is 1. The zero-order chi connectivity index (χ0) is 31.8. The summed E-state index contributed by atoms with van der Waals surface area (Å²) in [5.41, 5.74) is 1.63. The number of methoxy groups -OCH3 is 2. The summed E-state index contributed by atoms with van der Waals surface area (Å²) in [4.78, 5) is 36.0. The molecule has 0 fully saturated rings. The van der Waals surface area contributed by atoms with Crippen molar-refractivity contribution in [3.05, 3.63) is 84.0 Å². The number of rotatable bonds is 18. The van der Waals surface area contributed by atoms with E-state index < -0.39 is 48.4 Å². The maximum absolute atomic E-state index is 12.8. The van der Waals surface area contributed by atoms with Gasteiger partial charge in [-0.2, -0.15) is 0 Å². The summed E-state index contributed by atoms with van der Waals surface area (Å²) >= 11 is 0. The molecule has 0 heterocycles. The van der Waals surface area contributed by atoms with Gasteiger partial charge in [0.2, 0.25) is 0 Å². The molecule has 2 N–H and O–H groups in total. The topological polar surface area (TPSA) is 147 Å². The lowest BCUT2D eigenvalue weighted by Gasteiger charge is -2.23. The molecule has 0 amide bonds. The summed E-state index contributed by atoms with van der Waals surface area (Å²) in [6.07, 6.45) is 0.366. The standard InChI is InChI=1S/C32H40O11/c1-21(33)18-32(37)43-23(3)29(41-20-25-8-12-27(39-5)13-9-25)15-17-31(36)42-22(2)28(14-16-30(34)35)40-19-24-6-10-26(38-4)11-7-24/h6-17,21-23,28-29,33H,18-20H2,1-5H3,(H,34,35)/b16-14+,17-15+/t21-,22-,23-,28+,29+/m0/s1. The molecule has 0 aliphatic rings. The van der Waals surface area contributed by atoms with Crippen LogP contribution in [0.2, 0.25) is 0 Å². The molecule has 234 valence electrons. The van der Waals surface area contributed by atoms with Crippen LogP contribution in [0.5, 0.6) is 11.5 Å². The molecule has 0 aromatic heterocycles. The van der Waals surface area contributed by atoms with Gasteiger partial charge in [0, 0.05) is 12.2 Å². The fourth-order valence-electron chi connectivity index (χ4n) is 3.73. The molecular formula is C32H40O11. The first-order chi connectivity index (χ1) is 20.5. The summed E-state index contributed by atoms with van der Waals surface area (Å²) in [6.45, 7) is 4.93. The summed E-state index contributed by atoms with van der Waals surface area (Å²) in [7, 11) is 3.12. The second-order valence-corrected chi connectivity index (χ2v) is 9.69. The highest BCUT2D eigenvalue weighted by molar-refractivity contribution is 5.82. The average molecular weight is 601 g/mol. The van der Waals surface area contributed by atoms with Gasteiger partial charge in [0.05, 0.1) is 40.0 Å². The minimum absolute atomic E-state index is 0.132. The number of benzene rings is 2. The summed E-state index contributed by atoms with van der Waals surface area (Å²) < 4.78 is 33.0. The molecule has 11 nitrogen and oxygen atoms in total. The zero-order valence-corrected chi connectivity index (χ0v) is 25.0. The maximum Gasteiger partial charge on any atom is 0.330 e. The van der Waals surface area contributed by atoms with Crippen molar-refractivity contribution in [3.8, 4) is 11.5 Å². The van der Waals surface area contributed by atoms with Crippen molar-refractivity contribution in [1.82, 2.24) is 0 Å². The van der Waals surface area contributed by atoms with Crippen molar-refractivity contribution in [3.63, 3.8) is 0 Å². The van der Waals surface area contributed by atoms with Crippen molar-refractivity contribution < 1.29 is 53.0 Å². The normalized spacial score (nSPS) is 14.9. The zero-order valence-electron chi connectivity index (χ0n) is 25.0. The van der Waals surface area contributed by atoms with Gasteiger partial charge in [-0.05, 0) is 68.3 Å². The Bertz CT molecular complexity index is 1200. The van der Waals surface area contributed by atoms with Crippen LogP contribution in [0.25, 0.3) is 0 Å². The first-order valence-corrected chi connectivity index (χ1v) is 13.7. The van der Waals surface area contributed by atoms with Crippen LogP contribution in [-0.2, 0) is 46.5 Å². The molecule has 5 atom stereocenters. The van der Waals surface area contributed by atoms with Gasteiger partial charge in [-0.15, -0.1) is 0 Å². The van der Waals surface area contributed by atoms with E-state index in [1.165, 1.54) is 19.1 Å². The Morgan fingerprint density at radius 3 is 1.58 bits per heavy atom. The Hall–Kier alpha value is -4.19. The number of carbonyl (C=O) groups is 3. The number of esters is 2. The van der Waals surface area contributed by atoms with E-state index in [0.29, 0.717) is 11.5 Å². The largest absolute Gasteiger partial charge is 0.497 e. The summed E-state index contributed by atoms with van der Waals surface area (Å²) in [6, 6.07) is 14.3. The smallest absolute Gasteiger partial charge is 0.330 e. The Morgan fingerprint density at radius 2 is 1.16 bits per heavy atom. The predicted octanol–water partition coefficient (Wildman–Crippen LogP) is 4.01. The Balaban J connectivity index is 2.09. The molecular weight excluding hydrogens is 560 g/mol. The van der Waals surface area contributed by atoms with Crippen LogP contribution in [-0.4, -0.2) is 72.9 Å². The van der Waals surface area contributed by atoms with Crippen molar-refractivity contribution in [1.29, 1.82) is 0 Å². The van der Waals surface area contributed by atoms with Gasteiger partial charge in [0.1, 0.15) is 35.9 Å². The molecule has 0 saturated carbocycles. The van der Waals surface area contributed by atoms with Gasteiger partial charge >= 0.3 is 17.9 Å². The predicted molar refractivity (Wildman–Crippen MR) is 156 cm³/mol. The van der Waals surface area contributed by atoms with Gasteiger partial charge in [0.25, 0.3) is 0 Å². The molecule has 0 unspecified atom stereocenters. The lowest BCUT2D eigenvalue weighted by atomic mass is 10.1. The second kappa shape index (κ2) is 18.4. The molecule has 0 aliphatic heterocycles. The number of carbonyl (C=O) groups excluding carboxylic acids is 2. The minimum Gasteiger partial charge on any atom is -0.497 e. The highest BCUT2D eigenvalue weighted by Crippen LogP contribution is 2.17. The van der Waals surface area contributed by atoms with E-state index in [4.69, 9.17) is 33.5 Å². The van der Waals surface area contributed by atoms with Crippen LogP contribution >= 0.6 is 0 Å². The molecule has 0 bridgehead atoms. The minimum atomic E-state index is -1.17. The molecule has 2 aromatic rings. The molecule has 0 radical (unpaired) electrons. The molecule has 43 heavy (non-hydrogen) atoms. The Morgan fingerprint density at radius 1 is 0.721 bits per heavy atom. The fourth-order valence-corrected chi connectivity index (χ4v) is 3.73. The summed E-state index contributed by atoms with van der Waals surface area (Å²) in [5.74, 6) is -1.17. The number of hydrogen-bond acceptors (Lipinski definition) is 10. The average Bonchev–Trinajstić information content (AvgIpc) is 2.96. The van der Waals surface area contributed by atoms with Crippen LogP contribution in [0, 0.1) is 0 Å².